The summed E-state index contributed by atoms with van der Waals surface area (Å²) >= 11 is 0. The Labute approximate surface area is 149 Å². The third kappa shape index (κ3) is 3.93. The van der Waals surface area contributed by atoms with E-state index in [1.165, 1.54) is 16.7 Å². The van der Waals surface area contributed by atoms with Crippen molar-refractivity contribution in [2.45, 2.75) is 40.0 Å². The summed E-state index contributed by atoms with van der Waals surface area (Å²) in [6.45, 7) is 5.59. The van der Waals surface area contributed by atoms with Crippen LogP contribution >= 0.6 is 0 Å². The summed E-state index contributed by atoms with van der Waals surface area (Å²) in [5.74, 6) is 0.410. The van der Waals surface area contributed by atoms with Gasteiger partial charge in [-0.3, -0.25) is 4.79 Å². The number of hydrogen-bond acceptors (Lipinski definition) is 3. The molecule has 0 radical (unpaired) electrons. The molecule has 0 spiro atoms. The molecule has 0 saturated carbocycles. The van der Waals surface area contributed by atoms with Crippen molar-refractivity contribution >= 4 is 17.2 Å². The Balaban J connectivity index is 1.94. The largest absolute Gasteiger partial charge is 0.426 e. The number of nitrogens with two attached hydrogens (primary N) is 1. The Morgan fingerprint density at radius 1 is 1.08 bits per heavy atom. The van der Waals surface area contributed by atoms with Crippen molar-refractivity contribution in [3.63, 3.8) is 0 Å². The zero-order chi connectivity index (χ0) is 18.0. The third-order valence-corrected chi connectivity index (χ3v) is 4.41. The fourth-order valence-corrected chi connectivity index (χ4v) is 2.95. The van der Waals surface area contributed by atoms with E-state index in [4.69, 9.17) is 10.5 Å². The topological polar surface area (TPSA) is 52.3 Å². The van der Waals surface area contributed by atoms with E-state index in [0.717, 1.165) is 30.5 Å². The molecular weight excluding hydrogens is 310 g/mol. The van der Waals surface area contributed by atoms with Crippen molar-refractivity contribution in [3.05, 3.63) is 65.2 Å². The van der Waals surface area contributed by atoms with Gasteiger partial charge in [0, 0.05) is 5.69 Å². The van der Waals surface area contributed by atoms with Crippen molar-refractivity contribution in [1.82, 2.24) is 0 Å². The summed E-state index contributed by atoms with van der Waals surface area (Å²) in [5.41, 5.74) is 10.9. The maximum Gasteiger partial charge on any atom is 0.316 e. The maximum atomic E-state index is 12.1. The normalized spacial score (nSPS) is 14.3. The third-order valence-electron chi connectivity index (χ3n) is 4.41. The van der Waals surface area contributed by atoms with Gasteiger partial charge in [0.2, 0.25) is 0 Å². The molecule has 130 valence electrons. The lowest BCUT2D eigenvalue weighted by Gasteiger charge is -2.18. The molecule has 1 aliphatic carbocycles. The Morgan fingerprint density at radius 2 is 1.80 bits per heavy atom. The molecular formula is C22H25NO2. The molecule has 25 heavy (non-hydrogen) atoms. The Kier molecular flexibility index (Phi) is 4.67. The van der Waals surface area contributed by atoms with Crippen LogP contribution in [-0.2, 0) is 11.2 Å². The van der Waals surface area contributed by atoms with E-state index in [-0.39, 0.29) is 5.97 Å². The summed E-state index contributed by atoms with van der Waals surface area (Å²) in [5, 5.41) is 0. The van der Waals surface area contributed by atoms with Crippen LogP contribution in [0.15, 0.2) is 48.5 Å². The number of fused-ring (bicyclic) bond motifs is 1. The quantitative estimate of drug-likeness (QED) is 0.478. The molecule has 3 rings (SSSR count). The van der Waals surface area contributed by atoms with Gasteiger partial charge >= 0.3 is 5.97 Å². The van der Waals surface area contributed by atoms with Gasteiger partial charge in [-0.2, -0.15) is 0 Å². The van der Waals surface area contributed by atoms with Crippen LogP contribution in [0.4, 0.5) is 5.69 Å². The molecule has 2 aromatic carbocycles. The highest BCUT2D eigenvalue weighted by Crippen LogP contribution is 2.33. The van der Waals surface area contributed by atoms with Crippen LogP contribution in [0.25, 0.3) is 5.57 Å². The second-order valence-corrected chi connectivity index (χ2v) is 7.59. The van der Waals surface area contributed by atoms with E-state index < -0.39 is 5.41 Å². The van der Waals surface area contributed by atoms with Crippen molar-refractivity contribution in [2.75, 3.05) is 5.73 Å². The first-order valence-corrected chi connectivity index (χ1v) is 8.76. The highest BCUT2D eigenvalue weighted by atomic mass is 16.5. The minimum Gasteiger partial charge on any atom is -0.426 e. The van der Waals surface area contributed by atoms with Crippen molar-refractivity contribution < 1.29 is 9.53 Å². The van der Waals surface area contributed by atoms with Gasteiger partial charge in [-0.15, -0.1) is 0 Å². The molecule has 0 bridgehead atoms. The van der Waals surface area contributed by atoms with Gasteiger partial charge in [0.25, 0.3) is 0 Å². The average molecular weight is 335 g/mol. The van der Waals surface area contributed by atoms with Crippen LogP contribution in [0.5, 0.6) is 5.75 Å². The highest BCUT2D eigenvalue weighted by Gasteiger charge is 2.24. The van der Waals surface area contributed by atoms with Gasteiger partial charge in [0.15, 0.2) is 0 Å². The summed E-state index contributed by atoms with van der Waals surface area (Å²) in [7, 11) is 0. The first kappa shape index (κ1) is 17.3. The number of ether oxygens (including phenoxy) is 1. The number of benzene rings is 2. The predicted molar refractivity (Wildman–Crippen MR) is 102 cm³/mol. The first-order chi connectivity index (χ1) is 11.8. The van der Waals surface area contributed by atoms with Gasteiger partial charge in [0.1, 0.15) is 5.75 Å². The SMILES string of the molecule is CC(C)(C)C(=O)Oc1ccc2c(c1)CCCC=C2c1ccc(N)cc1. The fraction of sp³-hybridized carbons (Fsp3) is 0.318. The summed E-state index contributed by atoms with van der Waals surface area (Å²) in [6, 6.07) is 13.9. The number of esters is 1. The minimum atomic E-state index is -0.512. The van der Waals surface area contributed by atoms with Crippen molar-refractivity contribution in [2.24, 2.45) is 5.41 Å². The van der Waals surface area contributed by atoms with Crippen LogP contribution in [-0.4, -0.2) is 5.97 Å². The smallest absolute Gasteiger partial charge is 0.316 e. The number of carbonyl (C=O) groups excluding carboxylic acids is 1. The molecule has 0 unspecified atom stereocenters. The van der Waals surface area contributed by atoms with Gasteiger partial charge in [0.05, 0.1) is 5.41 Å². The summed E-state index contributed by atoms with van der Waals surface area (Å²) < 4.78 is 5.57. The summed E-state index contributed by atoms with van der Waals surface area (Å²) in [4.78, 5) is 12.1. The highest BCUT2D eigenvalue weighted by molar-refractivity contribution is 5.83. The number of anilines is 1. The average Bonchev–Trinajstić information content (AvgIpc) is 2.77. The Hall–Kier alpha value is -2.55. The lowest BCUT2D eigenvalue weighted by molar-refractivity contribution is -0.142. The van der Waals surface area contributed by atoms with Gasteiger partial charge in [-0.25, -0.2) is 0 Å². The first-order valence-electron chi connectivity index (χ1n) is 8.76. The van der Waals surface area contributed by atoms with Crippen LogP contribution < -0.4 is 10.5 Å². The molecule has 0 aromatic heterocycles. The Morgan fingerprint density at radius 3 is 2.48 bits per heavy atom. The van der Waals surface area contributed by atoms with E-state index in [2.05, 4.69) is 24.3 Å². The predicted octanol–water partition coefficient (Wildman–Crippen LogP) is 4.99. The molecule has 2 aromatic rings. The monoisotopic (exact) mass is 335 g/mol. The van der Waals surface area contributed by atoms with Crippen molar-refractivity contribution in [1.29, 1.82) is 0 Å². The number of allylic oxidation sites excluding steroid dienone is 1. The second-order valence-electron chi connectivity index (χ2n) is 7.59. The summed E-state index contributed by atoms with van der Waals surface area (Å²) in [6.07, 6.45) is 5.39. The molecule has 0 heterocycles. The maximum absolute atomic E-state index is 12.1. The van der Waals surface area contributed by atoms with Gasteiger partial charge in [-0.1, -0.05) is 24.3 Å². The molecule has 0 amide bonds. The molecule has 1 aliphatic rings. The van der Waals surface area contributed by atoms with E-state index in [1.54, 1.807) is 0 Å². The van der Waals surface area contributed by atoms with Crippen LogP contribution in [0.2, 0.25) is 0 Å². The van der Waals surface area contributed by atoms with Crippen LogP contribution in [0.1, 0.15) is 50.3 Å². The fourth-order valence-electron chi connectivity index (χ4n) is 2.95. The van der Waals surface area contributed by atoms with E-state index in [9.17, 15) is 4.79 Å². The molecule has 3 heteroatoms. The standard InChI is InChI=1S/C22H25NO2/c1-22(2,3)21(24)25-18-12-13-20-16(14-18)6-4-5-7-19(20)15-8-10-17(23)11-9-15/h7-14H,4-6,23H2,1-3H3. The number of nitrogen functional groups attached to an aromatic ring is 1. The molecule has 0 atom stereocenters. The minimum absolute atomic E-state index is 0.213. The van der Waals surface area contributed by atoms with Gasteiger partial charge in [-0.05, 0) is 86.6 Å². The number of carbonyl (C=O) groups is 1. The molecule has 3 nitrogen and oxygen atoms in total. The lowest BCUT2D eigenvalue weighted by atomic mass is 9.93. The van der Waals surface area contributed by atoms with E-state index in [1.807, 2.05) is 45.0 Å². The Bertz CT molecular complexity index is 811. The zero-order valence-corrected chi connectivity index (χ0v) is 15.1. The van der Waals surface area contributed by atoms with Crippen LogP contribution in [0.3, 0.4) is 0 Å². The second kappa shape index (κ2) is 6.75. The number of hydrogen-bond donors (Lipinski definition) is 1. The number of rotatable bonds is 2. The molecule has 0 saturated heterocycles. The van der Waals surface area contributed by atoms with Crippen molar-refractivity contribution in [3.8, 4) is 5.75 Å². The number of aryl methyl sites for hydroxylation is 1. The van der Waals surface area contributed by atoms with E-state index in [0.29, 0.717) is 5.75 Å². The van der Waals surface area contributed by atoms with Gasteiger partial charge < -0.3 is 10.5 Å². The molecule has 2 N–H and O–H groups in total. The lowest BCUT2D eigenvalue weighted by Crippen LogP contribution is -2.25. The van der Waals surface area contributed by atoms with Crippen LogP contribution in [0, 0.1) is 5.41 Å². The molecule has 0 fully saturated rings. The molecule has 0 aliphatic heterocycles. The zero-order valence-electron chi connectivity index (χ0n) is 15.1. The van der Waals surface area contributed by atoms with E-state index >= 15 is 0 Å².